The molecular weight excluding hydrogens is 313 g/mol. The maximum atomic E-state index is 12.0. The first-order valence-electron chi connectivity index (χ1n) is 5.88. The lowest BCUT2D eigenvalue weighted by Gasteiger charge is -2.13. The minimum Gasteiger partial charge on any atom is -0.467 e. The molecule has 0 spiro atoms. The second-order valence-electron chi connectivity index (χ2n) is 4.24. The number of carbonyl (C=O) groups excluding carboxylic acids is 1. The third kappa shape index (κ3) is 6.17. The van der Waals surface area contributed by atoms with Crippen molar-refractivity contribution in [3.63, 3.8) is 0 Å². The number of hydrogen-bond acceptors (Lipinski definition) is 4. The maximum Gasteiger partial charge on any atom is 0.422 e. The third-order valence-electron chi connectivity index (χ3n) is 2.24. The van der Waals surface area contributed by atoms with Gasteiger partial charge < -0.3 is 14.8 Å². The van der Waals surface area contributed by atoms with Gasteiger partial charge >= 0.3 is 6.18 Å². The number of hydrogen-bond donors (Lipinski definition) is 1. The molecule has 0 bridgehead atoms. The first-order valence-corrected chi connectivity index (χ1v) is 6.25. The van der Waals surface area contributed by atoms with Gasteiger partial charge in [0.25, 0.3) is 5.91 Å². The van der Waals surface area contributed by atoms with Gasteiger partial charge in [-0.2, -0.15) is 13.2 Å². The Balaban J connectivity index is 2.71. The number of rotatable bonds is 6. The van der Waals surface area contributed by atoms with E-state index in [1.807, 2.05) is 0 Å². The highest BCUT2D eigenvalue weighted by atomic mass is 35.5. The summed E-state index contributed by atoms with van der Waals surface area (Å²) < 4.78 is 45.4. The zero-order chi connectivity index (χ0) is 16.0. The van der Waals surface area contributed by atoms with Crippen molar-refractivity contribution in [3.05, 3.63) is 22.8 Å². The molecule has 0 aromatic carbocycles. The molecular formula is C12H14ClF3N2O3. The summed E-state index contributed by atoms with van der Waals surface area (Å²) in [7, 11) is 1.49. The van der Waals surface area contributed by atoms with Gasteiger partial charge in [0.2, 0.25) is 5.88 Å². The first kappa shape index (κ1) is 17.5. The molecule has 1 rings (SSSR count). The van der Waals surface area contributed by atoms with E-state index in [0.29, 0.717) is 6.61 Å². The van der Waals surface area contributed by atoms with Crippen LogP contribution in [-0.4, -0.2) is 43.4 Å². The van der Waals surface area contributed by atoms with Crippen molar-refractivity contribution < 1.29 is 27.4 Å². The molecule has 0 saturated carbocycles. The lowest BCUT2D eigenvalue weighted by molar-refractivity contribution is -0.154. The molecule has 1 aromatic rings. The van der Waals surface area contributed by atoms with Gasteiger partial charge in [-0.05, 0) is 13.0 Å². The average Bonchev–Trinajstić information content (AvgIpc) is 2.36. The Bertz CT molecular complexity index is 497. The molecule has 21 heavy (non-hydrogen) atoms. The second kappa shape index (κ2) is 7.46. The van der Waals surface area contributed by atoms with Crippen molar-refractivity contribution in [3.8, 4) is 5.88 Å². The van der Waals surface area contributed by atoms with E-state index in [1.165, 1.54) is 13.2 Å². The van der Waals surface area contributed by atoms with Crippen molar-refractivity contribution in [2.75, 3.05) is 20.3 Å². The molecule has 0 radical (unpaired) electrons. The van der Waals surface area contributed by atoms with Gasteiger partial charge in [0.1, 0.15) is 5.02 Å². The summed E-state index contributed by atoms with van der Waals surface area (Å²) in [6, 6.07) is 0.956. The van der Waals surface area contributed by atoms with Gasteiger partial charge in [-0.3, -0.25) is 4.79 Å². The van der Waals surface area contributed by atoms with Crippen LogP contribution in [0.1, 0.15) is 17.3 Å². The Morgan fingerprint density at radius 1 is 1.52 bits per heavy atom. The minimum absolute atomic E-state index is 0.113. The molecule has 5 nitrogen and oxygen atoms in total. The van der Waals surface area contributed by atoms with Crippen LogP contribution in [0.25, 0.3) is 0 Å². The number of nitrogens with zero attached hydrogens (tertiary/aromatic N) is 1. The molecule has 1 amide bonds. The summed E-state index contributed by atoms with van der Waals surface area (Å²) in [6.45, 7) is 0.549. The van der Waals surface area contributed by atoms with Gasteiger partial charge in [0, 0.05) is 19.3 Å². The molecule has 0 aliphatic rings. The Morgan fingerprint density at radius 2 is 2.19 bits per heavy atom. The third-order valence-corrected chi connectivity index (χ3v) is 2.51. The molecule has 1 atom stereocenters. The summed E-state index contributed by atoms with van der Waals surface area (Å²) >= 11 is 5.74. The van der Waals surface area contributed by atoms with Gasteiger partial charge in [-0.15, -0.1) is 0 Å². The van der Waals surface area contributed by atoms with E-state index < -0.39 is 18.7 Å². The largest absolute Gasteiger partial charge is 0.467 e. The summed E-state index contributed by atoms with van der Waals surface area (Å²) in [5, 5.41) is 2.44. The normalized spacial score (nSPS) is 12.9. The molecule has 0 aliphatic heterocycles. The zero-order valence-corrected chi connectivity index (χ0v) is 12.1. The quantitative estimate of drug-likeness (QED) is 0.872. The predicted molar refractivity (Wildman–Crippen MR) is 69.6 cm³/mol. The fraction of sp³-hybridized carbons (Fsp3) is 0.500. The number of nitrogens with one attached hydrogen (secondary N) is 1. The molecule has 0 saturated heterocycles. The first-order chi connectivity index (χ1) is 9.73. The van der Waals surface area contributed by atoms with Gasteiger partial charge in [-0.25, -0.2) is 4.98 Å². The van der Waals surface area contributed by atoms with Crippen LogP contribution in [-0.2, 0) is 4.74 Å². The number of carbonyl (C=O) groups is 1. The minimum atomic E-state index is -4.49. The number of aromatic nitrogens is 1. The Morgan fingerprint density at radius 3 is 2.71 bits per heavy atom. The van der Waals surface area contributed by atoms with E-state index in [1.54, 1.807) is 6.92 Å². The number of ether oxygens (including phenoxy) is 2. The highest BCUT2D eigenvalue weighted by Crippen LogP contribution is 2.24. The van der Waals surface area contributed by atoms with Crippen molar-refractivity contribution >= 4 is 17.5 Å². The number of methoxy groups -OCH3 is 1. The number of pyridine rings is 1. The van der Waals surface area contributed by atoms with E-state index in [4.69, 9.17) is 16.3 Å². The van der Waals surface area contributed by atoms with Crippen molar-refractivity contribution in [1.82, 2.24) is 10.3 Å². The van der Waals surface area contributed by atoms with Crippen molar-refractivity contribution in [1.29, 1.82) is 0 Å². The van der Waals surface area contributed by atoms with E-state index in [2.05, 4.69) is 15.0 Å². The number of alkyl halides is 3. The molecule has 118 valence electrons. The SMILES string of the molecule is COCC(C)NC(=O)c1cnc(OCC(F)(F)F)c(Cl)c1. The summed E-state index contributed by atoms with van der Waals surface area (Å²) in [5.41, 5.74) is 0.113. The van der Waals surface area contributed by atoms with Crippen LogP contribution in [0, 0.1) is 0 Å². The standard InChI is InChI=1S/C12H14ClF3N2O3/c1-7(5-20-2)18-10(19)8-3-9(13)11(17-4-8)21-6-12(14,15)16/h3-4,7H,5-6H2,1-2H3,(H,18,19). The van der Waals surface area contributed by atoms with Crippen molar-refractivity contribution in [2.24, 2.45) is 0 Å². The molecule has 1 aromatic heterocycles. The van der Waals surface area contributed by atoms with Crippen LogP contribution in [0.15, 0.2) is 12.3 Å². The van der Waals surface area contributed by atoms with E-state index in [0.717, 1.165) is 6.20 Å². The smallest absolute Gasteiger partial charge is 0.422 e. The predicted octanol–water partition coefficient (Wildman–Crippen LogP) is 2.44. The van der Waals surface area contributed by atoms with Gasteiger partial charge in [0.15, 0.2) is 6.61 Å². The summed E-state index contributed by atoms with van der Waals surface area (Å²) in [5.74, 6) is -0.841. The molecule has 1 unspecified atom stereocenters. The average molecular weight is 327 g/mol. The molecule has 1 heterocycles. The van der Waals surface area contributed by atoms with Crippen LogP contribution in [0.4, 0.5) is 13.2 Å². The maximum absolute atomic E-state index is 12.0. The van der Waals surface area contributed by atoms with Crippen LogP contribution in [0.2, 0.25) is 5.02 Å². The van der Waals surface area contributed by atoms with Crippen LogP contribution in [0.5, 0.6) is 5.88 Å². The lowest BCUT2D eigenvalue weighted by Crippen LogP contribution is -2.35. The van der Waals surface area contributed by atoms with Crippen molar-refractivity contribution in [2.45, 2.75) is 19.1 Å². The molecule has 0 fully saturated rings. The monoisotopic (exact) mass is 326 g/mol. The second-order valence-corrected chi connectivity index (χ2v) is 4.65. The van der Waals surface area contributed by atoms with Gasteiger partial charge in [0.05, 0.1) is 12.2 Å². The fourth-order valence-electron chi connectivity index (χ4n) is 1.40. The lowest BCUT2D eigenvalue weighted by atomic mass is 10.2. The topological polar surface area (TPSA) is 60.5 Å². The Hall–Kier alpha value is -1.54. The molecule has 1 N–H and O–H groups in total. The fourth-order valence-corrected chi connectivity index (χ4v) is 1.63. The number of amides is 1. The van der Waals surface area contributed by atoms with Crippen LogP contribution >= 0.6 is 11.6 Å². The van der Waals surface area contributed by atoms with E-state index in [-0.39, 0.29) is 22.5 Å². The molecule has 0 aliphatic carbocycles. The molecule has 9 heteroatoms. The Labute approximate surface area is 124 Å². The zero-order valence-electron chi connectivity index (χ0n) is 11.3. The van der Waals surface area contributed by atoms with E-state index in [9.17, 15) is 18.0 Å². The summed E-state index contributed by atoms with van der Waals surface area (Å²) in [6.07, 6.45) is -3.40. The number of halogens is 4. The summed E-state index contributed by atoms with van der Waals surface area (Å²) in [4.78, 5) is 15.4. The van der Waals surface area contributed by atoms with Crippen LogP contribution in [0.3, 0.4) is 0 Å². The highest BCUT2D eigenvalue weighted by molar-refractivity contribution is 6.32. The van der Waals surface area contributed by atoms with Gasteiger partial charge in [-0.1, -0.05) is 11.6 Å². The van der Waals surface area contributed by atoms with Crippen LogP contribution < -0.4 is 10.1 Å². The Kier molecular flexibility index (Phi) is 6.22. The highest BCUT2D eigenvalue weighted by Gasteiger charge is 2.29. The van der Waals surface area contributed by atoms with E-state index >= 15 is 0 Å².